The minimum atomic E-state index is 0.197. The monoisotopic (exact) mass is 250 g/mol. The molecule has 0 bridgehead atoms. The standard InChI is InChI=1S/C15H26N2O/c1-15(2,3)16-11-8-12-17(4)13-9-6-7-10-14(13)18-5/h6-7,9-10,16H,8,11-12H2,1-5H3. The average Bonchev–Trinajstić information content (AvgIpc) is 2.33. The third kappa shape index (κ3) is 4.96. The fraction of sp³-hybridized carbons (Fsp3) is 0.600. The lowest BCUT2D eigenvalue weighted by Gasteiger charge is -2.24. The minimum absolute atomic E-state index is 0.197. The second kappa shape index (κ2) is 6.64. The van der Waals surface area contributed by atoms with Crippen LogP contribution in [0.25, 0.3) is 0 Å². The number of nitrogens with one attached hydrogen (secondary N) is 1. The van der Waals surface area contributed by atoms with Crippen molar-refractivity contribution in [2.75, 3.05) is 32.1 Å². The Morgan fingerprint density at radius 2 is 1.89 bits per heavy atom. The van der Waals surface area contributed by atoms with Crippen LogP contribution in [0.1, 0.15) is 27.2 Å². The van der Waals surface area contributed by atoms with Crippen LogP contribution in [-0.4, -0.2) is 32.8 Å². The van der Waals surface area contributed by atoms with E-state index in [1.807, 2.05) is 18.2 Å². The lowest BCUT2D eigenvalue weighted by Crippen LogP contribution is -2.37. The van der Waals surface area contributed by atoms with Crippen LogP contribution < -0.4 is 15.0 Å². The Morgan fingerprint density at radius 1 is 1.22 bits per heavy atom. The van der Waals surface area contributed by atoms with Crippen molar-refractivity contribution in [3.05, 3.63) is 24.3 Å². The highest BCUT2D eigenvalue weighted by atomic mass is 16.5. The van der Waals surface area contributed by atoms with Gasteiger partial charge in [0.1, 0.15) is 5.75 Å². The molecule has 0 aliphatic carbocycles. The van der Waals surface area contributed by atoms with E-state index in [1.54, 1.807) is 7.11 Å². The maximum absolute atomic E-state index is 5.37. The maximum atomic E-state index is 5.37. The quantitative estimate of drug-likeness (QED) is 0.786. The molecule has 0 radical (unpaired) electrons. The van der Waals surface area contributed by atoms with Crippen molar-refractivity contribution in [1.29, 1.82) is 0 Å². The molecule has 1 aromatic rings. The summed E-state index contributed by atoms with van der Waals surface area (Å²) in [4.78, 5) is 2.24. The van der Waals surface area contributed by atoms with Crippen molar-refractivity contribution in [2.24, 2.45) is 0 Å². The van der Waals surface area contributed by atoms with Gasteiger partial charge in [-0.15, -0.1) is 0 Å². The van der Waals surface area contributed by atoms with Crippen LogP contribution >= 0.6 is 0 Å². The van der Waals surface area contributed by atoms with Gasteiger partial charge in [-0.25, -0.2) is 0 Å². The zero-order valence-corrected chi connectivity index (χ0v) is 12.3. The molecule has 0 unspecified atom stereocenters. The van der Waals surface area contributed by atoms with Gasteiger partial charge in [-0.1, -0.05) is 12.1 Å². The zero-order chi connectivity index (χ0) is 13.6. The summed E-state index contributed by atoms with van der Waals surface area (Å²) in [5, 5.41) is 3.50. The van der Waals surface area contributed by atoms with Gasteiger partial charge in [0.05, 0.1) is 12.8 Å². The van der Waals surface area contributed by atoms with Crippen LogP contribution in [0.15, 0.2) is 24.3 Å². The second-order valence-corrected chi connectivity index (χ2v) is 5.62. The fourth-order valence-corrected chi connectivity index (χ4v) is 1.85. The van der Waals surface area contributed by atoms with E-state index in [9.17, 15) is 0 Å². The van der Waals surface area contributed by atoms with Crippen LogP contribution in [0.3, 0.4) is 0 Å². The molecule has 1 rings (SSSR count). The Balaban J connectivity index is 2.43. The Morgan fingerprint density at radius 3 is 2.50 bits per heavy atom. The molecule has 0 atom stereocenters. The molecule has 0 fully saturated rings. The fourth-order valence-electron chi connectivity index (χ4n) is 1.85. The zero-order valence-electron chi connectivity index (χ0n) is 12.3. The SMILES string of the molecule is COc1ccccc1N(C)CCCNC(C)(C)C. The molecule has 3 heteroatoms. The highest BCUT2D eigenvalue weighted by Gasteiger charge is 2.09. The maximum Gasteiger partial charge on any atom is 0.142 e. The van der Waals surface area contributed by atoms with Crippen LogP contribution in [0.4, 0.5) is 5.69 Å². The van der Waals surface area contributed by atoms with Crippen molar-refractivity contribution < 1.29 is 4.74 Å². The van der Waals surface area contributed by atoms with Gasteiger partial charge in [0, 0.05) is 19.1 Å². The van der Waals surface area contributed by atoms with Crippen LogP contribution in [0, 0.1) is 0 Å². The predicted molar refractivity (Wildman–Crippen MR) is 78.6 cm³/mol. The van der Waals surface area contributed by atoms with Crippen molar-refractivity contribution in [1.82, 2.24) is 5.32 Å². The van der Waals surface area contributed by atoms with Crippen LogP contribution in [0.2, 0.25) is 0 Å². The van der Waals surface area contributed by atoms with Gasteiger partial charge in [-0.2, -0.15) is 0 Å². The molecule has 102 valence electrons. The van der Waals surface area contributed by atoms with E-state index in [0.29, 0.717) is 0 Å². The first-order valence-electron chi connectivity index (χ1n) is 6.53. The predicted octanol–water partition coefficient (Wildman–Crippen LogP) is 2.91. The number of benzene rings is 1. The Kier molecular flexibility index (Phi) is 5.48. The molecule has 0 saturated carbocycles. The van der Waals surface area contributed by atoms with Gasteiger partial charge < -0.3 is 15.0 Å². The second-order valence-electron chi connectivity index (χ2n) is 5.62. The van der Waals surface area contributed by atoms with Gasteiger partial charge >= 0.3 is 0 Å². The molecule has 1 N–H and O–H groups in total. The highest BCUT2D eigenvalue weighted by molar-refractivity contribution is 5.57. The van der Waals surface area contributed by atoms with Gasteiger partial charge in [0.2, 0.25) is 0 Å². The third-order valence-electron chi connectivity index (χ3n) is 2.82. The number of hydrogen-bond donors (Lipinski definition) is 1. The Hall–Kier alpha value is -1.22. The minimum Gasteiger partial charge on any atom is -0.495 e. The van der Waals surface area contributed by atoms with E-state index in [4.69, 9.17) is 4.74 Å². The molecular formula is C15H26N2O. The lowest BCUT2D eigenvalue weighted by molar-refractivity contribution is 0.412. The molecule has 0 aromatic heterocycles. The van der Waals surface area contributed by atoms with Crippen LogP contribution in [0.5, 0.6) is 5.75 Å². The van der Waals surface area contributed by atoms with E-state index in [2.05, 4.69) is 44.1 Å². The molecule has 0 heterocycles. The molecule has 3 nitrogen and oxygen atoms in total. The number of para-hydroxylation sites is 2. The number of hydrogen-bond acceptors (Lipinski definition) is 3. The van der Waals surface area contributed by atoms with Gasteiger partial charge in [-0.3, -0.25) is 0 Å². The summed E-state index contributed by atoms with van der Waals surface area (Å²) >= 11 is 0. The number of methoxy groups -OCH3 is 1. The number of anilines is 1. The van der Waals surface area contributed by atoms with Crippen molar-refractivity contribution in [2.45, 2.75) is 32.7 Å². The number of rotatable bonds is 6. The summed E-state index contributed by atoms with van der Waals surface area (Å²) in [5.41, 5.74) is 1.35. The lowest BCUT2D eigenvalue weighted by atomic mass is 10.1. The Bertz CT molecular complexity index is 358. The van der Waals surface area contributed by atoms with Crippen molar-refractivity contribution in [3.63, 3.8) is 0 Å². The first kappa shape index (κ1) is 14.8. The molecule has 0 saturated heterocycles. The van der Waals surface area contributed by atoms with Crippen LogP contribution in [-0.2, 0) is 0 Å². The summed E-state index contributed by atoms with van der Waals surface area (Å²) in [6, 6.07) is 8.13. The molecule has 0 aliphatic rings. The summed E-state index contributed by atoms with van der Waals surface area (Å²) in [7, 11) is 3.82. The summed E-state index contributed by atoms with van der Waals surface area (Å²) < 4.78 is 5.37. The van der Waals surface area contributed by atoms with E-state index in [0.717, 1.165) is 30.9 Å². The largest absolute Gasteiger partial charge is 0.495 e. The van der Waals surface area contributed by atoms with Gasteiger partial charge in [0.25, 0.3) is 0 Å². The topological polar surface area (TPSA) is 24.5 Å². The summed E-state index contributed by atoms with van der Waals surface area (Å²) in [6.07, 6.45) is 1.12. The summed E-state index contributed by atoms with van der Waals surface area (Å²) in [5.74, 6) is 0.934. The number of nitrogens with zero attached hydrogens (tertiary/aromatic N) is 1. The first-order chi connectivity index (χ1) is 8.44. The van der Waals surface area contributed by atoms with E-state index in [-0.39, 0.29) is 5.54 Å². The Labute approximate surface area is 111 Å². The molecular weight excluding hydrogens is 224 g/mol. The molecule has 0 aliphatic heterocycles. The average molecular weight is 250 g/mol. The van der Waals surface area contributed by atoms with Gasteiger partial charge in [0.15, 0.2) is 0 Å². The molecule has 1 aromatic carbocycles. The highest BCUT2D eigenvalue weighted by Crippen LogP contribution is 2.26. The first-order valence-corrected chi connectivity index (χ1v) is 6.53. The van der Waals surface area contributed by atoms with Gasteiger partial charge in [-0.05, 0) is 45.9 Å². The molecule has 0 spiro atoms. The smallest absolute Gasteiger partial charge is 0.142 e. The third-order valence-corrected chi connectivity index (χ3v) is 2.82. The van der Waals surface area contributed by atoms with E-state index in [1.165, 1.54) is 0 Å². The normalized spacial score (nSPS) is 11.4. The van der Waals surface area contributed by atoms with E-state index >= 15 is 0 Å². The number of ether oxygens (including phenoxy) is 1. The van der Waals surface area contributed by atoms with Crippen molar-refractivity contribution in [3.8, 4) is 5.75 Å². The van der Waals surface area contributed by atoms with Crippen molar-refractivity contribution >= 4 is 5.69 Å². The van der Waals surface area contributed by atoms with E-state index < -0.39 is 0 Å². The molecule has 0 amide bonds. The summed E-state index contributed by atoms with van der Waals surface area (Å²) in [6.45, 7) is 8.62. The molecule has 18 heavy (non-hydrogen) atoms.